The molecule has 0 spiro atoms. The average Bonchev–Trinajstić information content (AvgIpc) is 2.53. The number of rotatable bonds is 6. The van der Waals surface area contributed by atoms with Gasteiger partial charge in [0.15, 0.2) is 0 Å². The van der Waals surface area contributed by atoms with Crippen LogP contribution in [-0.4, -0.2) is 11.2 Å². The standard InChI is InChI=1S/C18H20ClNOS/c1-13-7-9-15(10-8-13)12-22-14(2)18(21)20-11-16-5-3-4-6-17(16)19/h3-10,14H,11-12H2,1-2H3,(H,20,21)/t14-/m1/s1. The number of nitrogens with one attached hydrogen (secondary N) is 1. The number of hydrogen-bond donors (Lipinski definition) is 1. The van der Waals surface area contributed by atoms with Crippen molar-refractivity contribution in [3.05, 3.63) is 70.2 Å². The molecule has 116 valence electrons. The van der Waals surface area contributed by atoms with Gasteiger partial charge in [0.2, 0.25) is 5.91 Å². The van der Waals surface area contributed by atoms with Crippen LogP contribution in [-0.2, 0) is 17.1 Å². The van der Waals surface area contributed by atoms with E-state index in [0.29, 0.717) is 11.6 Å². The maximum atomic E-state index is 12.1. The van der Waals surface area contributed by atoms with Gasteiger partial charge in [-0.15, -0.1) is 11.8 Å². The molecule has 0 saturated heterocycles. The second-order valence-corrected chi connectivity index (χ2v) is 6.98. The fourth-order valence-corrected chi connectivity index (χ4v) is 3.02. The van der Waals surface area contributed by atoms with Crippen LogP contribution in [0.4, 0.5) is 0 Å². The Balaban J connectivity index is 1.79. The van der Waals surface area contributed by atoms with E-state index in [2.05, 4.69) is 36.5 Å². The Bertz CT molecular complexity index is 627. The SMILES string of the molecule is Cc1ccc(CS[C@H](C)C(=O)NCc2ccccc2Cl)cc1. The van der Waals surface area contributed by atoms with Crippen molar-refractivity contribution < 1.29 is 4.79 Å². The first-order valence-corrected chi connectivity index (χ1v) is 8.67. The minimum Gasteiger partial charge on any atom is -0.351 e. The minimum atomic E-state index is -0.0937. The molecular weight excluding hydrogens is 314 g/mol. The zero-order valence-corrected chi connectivity index (χ0v) is 14.4. The first-order valence-electron chi connectivity index (χ1n) is 7.24. The summed E-state index contributed by atoms with van der Waals surface area (Å²) in [6, 6.07) is 16.0. The van der Waals surface area contributed by atoms with Crippen LogP contribution in [0, 0.1) is 6.92 Å². The largest absolute Gasteiger partial charge is 0.351 e. The highest BCUT2D eigenvalue weighted by molar-refractivity contribution is 7.99. The van der Waals surface area contributed by atoms with Crippen LogP contribution < -0.4 is 5.32 Å². The predicted octanol–water partition coefficient (Wildman–Crippen LogP) is 4.59. The molecule has 0 saturated carbocycles. The number of amides is 1. The summed E-state index contributed by atoms with van der Waals surface area (Å²) in [6.45, 7) is 4.47. The Morgan fingerprint density at radius 1 is 1.18 bits per heavy atom. The Hall–Kier alpha value is -1.45. The predicted molar refractivity (Wildman–Crippen MR) is 95.2 cm³/mol. The molecule has 0 heterocycles. The van der Waals surface area contributed by atoms with Gasteiger partial charge in [0.1, 0.15) is 0 Å². The summed E-state index contributed by atoms with van der Waals surface area (Å²) in [6.07, 6.45) is 0. The van der Waals surface area contributed by atoms with E-state index in [9.17, 15) is 4.79 Å². The molecule has 2 nitrogen and oxygen atoms in total. The van der Waals surface area contributed by atoms with E-state index >= 15 is 0 Å². The molecule has 0 aromatic heterocycles. The minimum absolute atomic E-state index is 0.0389. The van der Waals surface area contributed by atoms with Crippen molar-refractivity contribution in [2.24, 2.45) is 0 Å². The molecule has 2 aromatic rings. The second-order valence-electron chi connectivity index (χ2n) is 5.25. The quantitative estimate of drug-likeness (QED) is 0.838. The van der Waals surface area contributed by atoms with E-state index in [4.69, 9.17) is 11.6 Å². The van der Waals surface area contributed by atoms with Gasteiger partial charge in [0, 0.05) is 17.3 Å². The van der Waals surface area contributed by atoms with Crippen LogP contribution in [0.15, 0.2) is 48.5 Å². The van der Waals surface area contributed by atoms with E-state index < -0.39 is 0 Å². The highest BCUT2D eigenvalue weighted by Crippen LogP contribution is 2.19. The van der Waals surface area contributed by atoms with Crippen molar-refractivity contribution >= 4 is 29.3 Å². The molecular formula is C18H20ClNOS. The number of aryl methyl sites for hydroxylation is 1. The van der Waals surface area contributed by atoms with Gasteiger partial charge in [-0.25, -0.2) is 0 Å². The number of thioether (sulfide) groups is 1. The third kappa shape index (κ3) is 5.08. The Morgan fingerprint density at radius 3 is 2.55 bits per heavy atom. The van der Waals surface area contributed by atoms with E-state index in [1.807, 2.05) is 31.2 Å². The van der Waals surface area contributed by atoms with Gasteiger partial charge in [-0.2, -0.15) is 0 Å². The molecule has 0 fully saturated rings. The molecule has 0 bridgehead atoms. The maximum Gasteiger partial charge on any atom is 0.233 e. The van der Waals surface area contributed by atoms with E-state index in [-0.39, 0.29) is 11.2 Å². The molecule has 1 amide bonds. The fraction of sp³-hybridized carbons (Fsp3) is 0.278. The number of halogens is 1. The monoisotopic (exact) mass is 333 g/mol. The van der Waals surface area contributed by atoms with Crippen LogP contribution >= 0.6 is 23.4 Å². The zero-order chi connectivity index (χ0) is 15.9. The maximum absolute atomic E-state index is 12.1. The summed E-state index contributed by atoms with van der Waals surface area (Å²) in [7, 11) is 0. The van der Waals surface area contributed by atoms with Gasteiger partial charge in [-0.05, 0) is 31.0 Å². The summed E-state index contributed by atoms with van der Waals surface area (Å²) in [5.74, 6) is 0.873. The first kappa shape index (κ1) is 16.9. The smallest absolute Gasteiger partial charge is 0.233 e. The molecule has 0 aliphatic rings. The van der Waals surface area contributed by atoms with Gasteiger partial charge in [-0.3, -0.25) is 4.79 Å². The van der Waals surface area contributed by atoms with Crippen molar-refractivity contribution in [1.29, 1.82) is 0 Å². The first-order chi connectivity index (χ1) is 10.6. The summed E-state index contributed by atoms with van der Waals surface area (Å²) >= 11 is 7.72. The molecule has 4 heteroatoms. The molecule has 2 aromatic carbocycles. The lowest BCUT2D eigenvalue weighted by molar-refractivity contribution is -0.120. The van der Waals surface area contributed by atoms with Crippen LogP contribution in [0.2, 0.25) is 5.02 Å². The third-order valence-corrected chi connectivity index (χ3v) is 4.98. The summed E-state index contributed by atoms with van der Waals surface area (Å²) < 4.78 is 0. The van der Waals surface area contributed by atoms with Crippen molar-refractivity contribution in [1.82, 2.24) is 5.32 Å². The van der Waals surface area contributed by atoms with Gasteiger partial charge in [0.25, 0.3) is 0 Å². The number of carbonyl (C=O) groups excluding carboxylic acids is 1. The second kappa shape index (κ2) is 8.25. The zero-order valence-electron chi connectivity index (χ0n) is 12.8. The van der Waals surface area contributed by atoms with Crippen LogP contribution in [0.5, 0.6) is 0 Å². The lowest BCUT2D eigenvalue weighted by Gasteiger charge is -2.13. The third-order valence-electron chi connectivity index (χ3n) is 3.40. The Morgan fingerprint density at radius 2 is 1.86 bits per heavy atom. The van der Waals surface area contributed by atoms with Crippen molar-refractivity contribution in [2.75, 3.05) is 0 Å². The molecule has 0 radical (unpaired) electrons. The molecule has 2 rings (SSSR count). The van der Waals surface area contributed by atoms with Gasteiger partial charge >= 0.3 is 0 Å². The van der Waals surface area contributed by atoms with Gasteiger partial charge in [0.05, 0.1) is 5.25 Å². The number of carbonyl (C=O) groups is 1. The van der Waals surface area contributed by atoms with E-state index in [0.717, 1.165) is 11.3 Å². The van der Waals surface area contributed by atoms with Crippen LogP contribution in [0.25, 0.3) is 0 Å². The van der Waals surface area contributed by atoms with Gasteiger partial charge < -0.3 is 5.32 Å². The summed E-state index contributed by atoms with van der Waals surface area (Å²) in [5, 5.41) is 3.53. The summed E-state index contributed by atoms with van der Waals surface area (Å²) in [4.78, 5) is 12.1. The molecule has 1 atom stereocenters. The summed E-state index contributed by atoms with van der Waals surface area (Å²) in [5.41, 5.74) is 3.42. The van der Waals surface area contributed by atoms with Crippen molar-refractivity contribution in [2.45, 2.75) is 31.4 Å². The normalized spacial score (nSPS) is 12.0. The topological polar surface area (TPSA) is 29.1 Å². The fourth-order valence-electron chi connectivity index (χ4n) is 1.95. The molecule has 0 aliphatic heterocycles. The van der Waals surface area contributed by atoms with E-state index in [1.165, 1.54) is 11.1 Å². The lowest BCUT2D eigenvalue weighted by atomic mass is 10.2. The molecule has 1 N–H and O–H groups in total. The average molecular weight is 334 g/mol. The Labute approximate surface area is 141 Å². The number of benzene rings is 2. The van der Waals surface area contributed by atoms with Gasteiger partial charge in [-0.1, -0.05) is 59.6 Å². The highest BCUT2D eigenvalue weighted by atomic mass is 35.5. The van der Waals surface area contributed by atoms with Crippen LogP contribution in [0.1, 0.15) is 23.6 Å². The van der Waals surface area contributed by atoms with Crippen LogP contribution in [0.3, 0.4) is 0 Å². The molecule has 0 aliphatic carbocycles. The lowest BCUT2D eigenvalue weighted by Crippen LogP contribution is -2.30. The van der Waals surface area contributed by atoms with Crippen molar-refractivity contribution in [3.8, 4) is 0 Å². The van der Waals surface area contributed by atoms with Crippen molar-refractivity contribution in [3.63, 3.8) is 0 Å². The van der Waals surface area contributed by atoms with E-state index in [1.54, 1.807) is 11.8 Å². The number of hydrogen-bond acceptors (Lipinski definition) is 2. The highest BCUT2D eigenvalue weighted by Gasteiger charge is 2.13. The Kier molecular flexibility index (Phi) is 6.34. The molecule has 22 heavy (non-hydrogen) atoms. The molecule has 0 unspecified atom stereocenters.